The smallest absolute Gasteiger partial charge is 0.251 e. The first-order valence-electron chi connectivity index (χ1n) is 9.16. The summed E-state index contributed by atoms with van der Waals surface area (Å²) in [5.74, 6) is -0.909. The average Bonchev–Trinajstić information content (AvgIpc) is 3.08. The molecule has 0 saturated heterocycles. The zero-order valence-electron chi connectivity index (χ0n) is 15.6. The summed E-state index contributed by atoms with van der Waals surface area (Å²) in [4.78, 5) is 25.7. The molecule has 4 nitrogen and oxygen atoms in total. The molecule has 1 aromatic heterocycles. The van der Waals surface area contributed by atoms with Crippen LogP contribution in [0.1, 0.15) is 30.1 Å². The number of fused-ring (bicyclic) bond motifs is 3. The van der Waals surface area contributed by atoms with Crippen LogP contribution in [0, 0.1) is 0 Å². The Balaban J connectivity index is 1.67. The number of thiophene rings is 1. The van der Waals surface area contributed by atoms with Crippen molar-refractivity contribution in [3.63, 3.8) is 0 Å². The van der Waals surface area contributed by atoms with Gasteiger partial charge in [-0.3, -0.25) is 14.0 Å². The minimum absolute atomic E-state index is 0.270. The van der Waals surface area contributed by atoms with Crippen molar-refractivity contribution >= 4 is 43.3 Å². The van der Waals surface area contributed by atoms with Gasteiger partial charge in [0.15, 0.2) is 6.80 Å². The van der Waals surface area contributed by atoms with Crippen molar-refractivity contribution in [2.24, 2.45) is 0 Å². The van der Waals surface area contributed by atoms with Crippen molar-refractivity contribution in [3.8, 4) is 0 Å². The van der Waals surface area contributed by atoms with Gasteiger partial charge in [-0.05, 0) is 38.0 Å². The Hall–Kier alpha value is -2.54. The predicted molar refractivity (Wildman–Crippen MR) is 109 cm³/mol. The van der Waals surface area contributed by atoms with E-state index in [0.29, 0.717) is 12.0 Å². The van der Waals surface area contributed by atoms with E-state index in [1.807, 2.05) is 30.3 Å². The highest BCUT2D eigenvalue weighted by Gasteiger charge is 2.20. The maximum atomic E-state index is 13.2. The van der Waals surface area contributed by atoms with E-state index in [-0.39, 0.29) is 18.9 Å². The molecule has 0 saturated carbocycles. The molecule has 28 heavy (non-hydrogen) atoms. The number of benzene rings is 2. The lowest BCUT2D eigenvalue weighted by atomic mass is 10.1. The zero-order valence-corrected chi connectivity index (χ0v) is 16.4. The number of hydrogen-bond acceptors (Lipinski definition) is 3. The fourth-order valence-electron chi connectivity index (χ4n) is 3.19. The molecule has 0 aliphatic carbocycles. The number of amides is 2. The summed E-state index contributed by atoms with van der Waals surface area (Å²) in [7, 11) is 0. The second kappa shape index (κ2) is 9.10. The monoisotopic (exact) mass is 404 g/mol. The summed E-state index contributed by atoms with van der Waals surface area (Å²) in [6, 6.07) is 13.0. The van der Waals surface area contributed by atoms with Crippen LogP contribution in [-0.4, -0.2) is 42.8 Å². The van der Waals surface area contributed by atoms with E-state index < -0.39 is 25.4 Å². The van der Waals surface area contributed by atoms with Crippen LogP contribution in [0.25, 0.3) is 20.2 Å². The molecule has 0 bridgehead atoms. The molecule has 148 valence electrons. The molecule has 1 heterocycles. The molecule has 2 amide bonds. The number of carbonyl (C=O) groups excluding carboxylic acids is 2. The van der Waals surface area contributed by atoms with Gasteiger partial charge in [0.1, 0.15) is 0 Å². The number of carbonyl (C=O) groups is 2. The molecule has 7 heteroatoms. The van der Waals surface area contributed by atoms with Gasteiger partial charge in [0, 0.05) is 31.8 Å². The highest BCUT2D eigenvalue weighted by atomic mass is 32.1. The molecule has 0 aliphatic rings. The quantitative estimate of drug-likeness (QED) is 0.554. The molecule has 0 fully saturated rings. The first kappa shape index (κ1) is 20.2. The van der Waals surface area contributed by atoms with Gasteiger partial charge >= 0.3 is 0 Å². The summed E-state index contributed by atoms with van der Waals surface area (Å²) in [5.41, 5.74) is 0.448. The van der Waals surface area contributed by atoms with Crippen molar-refractivity contribution < 1.29 is 18.4 Å². The molecule has 0 spiro atoms. The van der Waals surface area contributed by atoms with Gasteiger partial charge in [0.05, 0.1) is 13.2 Å². The van der Waals surface area contributed by atoms with Gasteiger partial charge in [-0.2, -0.15) is 0 Å². The minimum Gasteiger partial charge on any atom is -0.343 e. The Labute approximate surface area is 166 Å². The van der Waals surface area contributed by atoms with E-state index >= 15 is 0 Å². The highest BCUT2D eigenvalue weighted by molar-refractivity contribution is 7.25. The Morgan fingerprint density at radius 3 is 2.61 bits per heavy atom. The Morgan fingerprint density at radius 2 is 1.86 bits per heavy atom. The maximum Gasteiger partial charge on any atom is 0.251 e. The van der Waals surface area contributed by atoms with E-state index in [9.17, 15) is 18.4 Å². The summed E-state index contributed by atoms with van der Waals surface area (Å²) in [5, 5.41) is 4.78. The van der Waals surface area contributed by atoms with Crippen LogP contribution in [-0.2, 0) is 4.79 Å². The third-order valence-corrected chi connectivity index (χ3v) is 5.91. The summed E-state index contributed by atoms with van der Waals surface area (Å²) in [6.07, 6.45) is 0.648. The summed E-state index contributed by atoms with van der Waals surface area (Å²) >= 11 is 1.60. The van der Waals surface area contributed by atoms with E-state index in [1.54, 1.807) is 30.4 Å². The van der Waals surface area contributed by atoms with Gasteiger partial charge in [0.25, 0.3) is 5.91 Å². The average molecular weight is 404 g/mol. The second-order valence-corrected chi connectivity index (χ2v) is 7.74. The lowest BCUT2D eigenvalue weighted by Gasteiger charge is -2.26. The van der Waals surface area contributed by atoms with Crippen LogP contribution in [0.3, 0.4) is 0 Å². The molecule has 1 N–H and O–H groups in total. The van der Waals surface area contributed by atoms with E-state index in [0.717, 1.165) is 25.1 Å². The van der Waals surface area contributed by atoms with Crippen molar-refractivity contribution in [1.29, 1.82) is 0 Å². The Bertz CT molecular complexity index is 989. The summed E-state index contributed by atoms with van der Waals surface area (Å²) < 4.78 is 27.6. The number of nitrogens with zero attached hydrogens (tertiary/aromatic N) is 1. The molecule has 1 unspecified atom stereocenters. The third-order valence-electron chi connectivity index (χ3n) is 4.78. The van der Waals surface area contributed by atoms with Crippen molar-refractivity contribution in [2.45, 2.75) is 25.8 Å². The van der Waals surface area contributed by atoms with Crippen molar-refractivity contribution in [1.82, 2.24) is 10.2 Å². The van der Waals surface area contributed by atoms with Gasteiger partial charge in [-0.15, -0.1) is 11.3 Å². The number of alkyl halides is 2. The van der Waals surface area contributed by atoms with Crippen LogP contribution >= 0.6 is 11.3 Å². The van der Waals surface area contributed by atoms with E-state index in [4.69, 9.17) is 0 Å². The molecule has 0 aliphatic heterocycles. The molecule has 3 rings (SSSR count). The fourth-order valence-corrected chi connectivity index (χ4v) is 4.33. The Kier molecular flexibility index (Phi) is 6.57. The maximum absolute atomic E-state index is 13.2. The number of halogens is 2. The second-order valence-electron chi connectivity index (χ2n) is 6.66. The first-order chi connectivity index (χ1) is 13.5. The largest absolute Gasteiger partial charge is 0.343 e. The number of hydrogen-bond donors (Lipinski definition) is 1. The molecule has 1 atom stereocenters. The van der Waals surface area contributed by atoms with Crippen molar-refractivity contribution in [2.75, 3.05) is 20.0 Å². The molecule has 0 radical (unpaired) electrons. The summed E-state index contributed by atoms with van der Waals surface area (Å²) in [6.45, 7) is -0.0942. The lowest BCUT2D eigenvalue weighted by molar-refractivity contribution is -0.134. The van der Waals surface area contributed by atoms with Crippen LogP contribution in [0.2, 0.25) is 0 Å². The highest BCUT2D eigenvalue weighted by Crippen LogP contribution is 2.34. The van der Waals surface area contributed by atoms with Crippen LogP contribution < -0.4 is 5.32 Å². The van der Waals surface area contributed by atoms with Crippen LogP contribution in [0.15, 0.2) is 42.5 Å². The minimum atomic E-state index is -0.962. The van der Waals surface area contributed by atoms with E-state index in [2.05, 4.69) is 5.32 Å². The van der Waals surface area contributed by atoms with E-state index in [1.165, 1.54) is 0 Å². The lowest BCUT2D eigenvalue weighted by Crippen LogP contribution is -2.44. The number of rotatable bonds is 8. The van der Waals surface area contributed by atoms with Crippen LogP contribution in [0.4, 0.5) is 8.78 Å². The van der Waals surface area contributed by atoms with Gasteiger partial charge in [-0.1, -0.05) is 24.3 Å². The van der Waals surface area contributed by atoms with Crippen molar-refractivity contribution in [3.05, 3.63) is 48.0 Å². The molecule has 3 aromatic rings. The number of nitrogens with one attached hydrogen (secondary N) is 1. The third kappa shape index (κ3) is 4.30. The molecule has 2 aromatic carbocycles. The van der Waals surface area contributed by atoms with Gasteiger partial charge in [-0.25, -0.2) is 4.39 Å². The van der Waals surface area contributed by atoms with Gasteiger partial charge in [0.2, 0.25) is 5.91 Å². The Morgan fingerprint density at radius 1 is 1.11 bits per heavy atom. The standard InChI is InChI=1S/C21H22F2N2O2S/c1-14(5-4-10-22)25(13-23)20(26)12-24-21(27)15-8-9-17-16-6-2-3-7-18(16)28-19(17)11-15/h2-3,6-9,11,14H,4-5,10,12-13H2,1H3,(H,24,27). The predicted octanol–water partition coefficient (Wildman–Crippen LogP) is 4.68. The SMILES string of the molecule is CC(CCCF)N(CF)C(=O)CNC(=O)c1ccc2c(c1)sc1ccccc12. The fraction of sp³-hybridized carbons (Fsp3) is 0.333. The molecular formula is C21H22F2N2O2S. The normalized spacial score (nSPS) is 12.2. The molecular weight excluding hydrogens is 382 g/mol. The van der Waals surface area contributed by atoms with Gasteiger partial charge < -0.3 is 10.2 Å². The van der Waals surface area contributed by atoms with Crippen LogP contribution in [0.5, 0.6) is 0 Å². The zero-order chi connectivity index (χ0) is 20.1. The first-order valence-corrected chi connectivity index (χ1v) is 9.97. The topological polar surface area (TPSA) is 49.4 Å².